The number of fused-ring (bicyclic) bond motifs is 1. The number of nitrogens with one attached hydrogen (secondary N) is 1. The maximum Gasteiger partial charge on any atom is 0.357 e. The van der Waals surface area contributed by atoms with Gasteiger partial charge in [0, 0.05) is 11.1 Å². The minimum Gasteiger partial charge on any atom is -0.464 e. The number of ether oxygens (including phenoxy) is 1. The second-order valence-corrected chi connectivity index (χ2v) is 4.40. The van der Waals surface area contributed by atoms with Gasteiger partial charge < -0.3 is 10.1 Å². The molecule has 1 heterocycles. The zero-order valence-electron chi connectivity index (χ0n) is 11.4. The summed E-state index contributed by atoms with van der Waals surface area (Å²) < 4.78 is 4.79. The zero-order chi connectivity index (χ0) is 14.7. The molecule has 0 amide bonds. The van der Waals surface area contributed by atoms with Crippen molar-refractivity contribution in [2.24, 2.45) is 0 Å². The maximum absolute atomic E-state index is 11.9. The number of hydrogen-bond acceptors (Lipinski definition) is 5. The zero-order valence-corrected chi connectivity index (χ0v) is 11.4. The molecule has 1 aromatic heterocycles. The van der Waals surface area contributed by atoms with Crippen LogP contribution < -0.4 is 5.32 Å². The monoisotopic (exact) mass is 279 g/mol. The van der Waals surface area contributed by atoms with Crippen LogP contribution in [0.25, 0.3) is 10.9 Å². The normalized spacial score (nSPS) is 10.3. The van der Waals surface area contributed by atoms with Crippen molar-refractivity contribution in [3.8, 4) is 0 Å². The standard InChI is InChI=1S/C16H13N3O2/c1-21-15(20)14-12-9-5-6-10-13(12)18-16(19-14)17-11-7-3-2-4-8-11/h2-10H,1H3,(H,17,18,19). The lowest BCUT2D eigenvalue weighted by Crippen LogP contribution is -2.08. The van der Waals surface area contributed by atoms with Gasteiger partial charge in [0.05, 0.1) is 12.6 Å². The number of esters is 1. The second kappa shape index (κ2) is 5.58. The number of carbonyl (C=O) groups excluding carboxylic acids is 1. The summed E-state index contributed by atoms with van der Waals surface area (Å²) in [5.74, 6) is -0.120. The van der Waals surface area contributed by atoms with Crippen LogP contribution in [0.1, 0.15) is 10.5 Å². The summed E-state index contributed by atoms with van der Waals surface area (Å²) >= 11 is 0. The van der Waals surface area contributed by atoms with Crippen LogP contribution in [0.2, 0.25) is 0 Å². The quantitative estimate of drug-likeness (QED) is 0.746. The molecule has 2 aromatic carbocycles. The minimum atomic E-state index is -0.482. The molecule has 0 bridgehead atoms. The first-order chi connectivity index (χ1) is 10.3. The van der Waals surface area contributed by atoms with Crippen LogP contribution in [-0.2, 0) is 4.74 Å². The van der Waals surface area contributed by atoms with Crippen LogP contribution >= 0.6 is 0 Å². The summed E-state index contributed by atoms with van der Waals surface area (Å²) in [4.78, 5) is 20.6. The molecular weight excluding hydrogens is 266 g/mol. The van der Waals surface area contributed by atoms with Crippen LogP contribution in [0.15, 0.2) is 54.6 Å². The molecule has 0 aliphatic rings. The lowest BCUT2D eigenvalue weighted by Gasteiger charge is -2.08. The Hall–Kier alpha value is -2.95. The van der Waals surface area contributed by atoms with Crippen molar-refractivity contribution in [1.82, 2.24) is 9.97 Å². The van der Waals surface area contributed by atoms with Gasteiger partial charge in [-0.2, -0.15) is 0 Å². The third-order valence-electron chi connectivity index (χ3n) is 3.01. The highest BCUT2D eigenvalue weighted by atomic mass is 16.5. The molecule has 0 saturated heterocycles. The highest BCUT2D eigenvalue weighted by molar-refractivity contribution is 6.01. The summed E-state index contributed by atoms with van der Waals surface area (Å²) in [6.45, 7) is 0. The van der Waals surface area contributed by atoms with E-state index in [1.807, 2.05) is 48.5 Å². The molecule has 0 unspecified atom stereocenters. The number of nitrogens with zero attached hydrogens (tertiary/aromatic N) is 2. The van der Waals surface area contributed by atoms with Gasteiger partial charge in [-0.15, -0.1) is 0 Å². The Morgan fingerprint density at radius 3 is 2.48 bits per heavy atom. The first-order valence-corrected chi connectivity index (χ1v) is 6.45. The van der Waals surface area contributed by atoms with E-state index >= 15 is 0 Å². The molecule has 0 spiro atoms. The average Bonchev–Trinajstić information content (AvgIpc) is 2.54. The Morgan fingerprint density at radius 2 is 1.71 bits per heavy atom. The number of benzene rings is 2. The molecule has 0 fully saturated rings. The molecule has 0 radical (unpaired) electrons. The van der Waals surface area contributed by atoms with Crippen molar-refractivity contribution in [2.45, 2.75) is 0 Å². The van der Waals surface area contributed by atoms with Gasteiger partial charge in [0.15, 0.2) is 5.69 Å². The van der Waals surface area contributed by atoms with Crippen LogP contribution in [0.3, 0.4) is 0 Å². The summed E-state index contributed by atoms with van der Waals surface area (Å²) in [5.41, 5.74) is 1.79. The van der Waals surface area contributed by atoms with Gasteiger partial charge in [-0.05, 0) is 18.2 Å². The largest absolute Gasteiger partial charge is 0.464 e. The number of anilines is 2. The summed E-state index contributed by atoms with van der Waals surface area (Å²) in [5, 5.41) is 3.75. The van der Waals surface area contributed by atoms with E-state index in [-0.39, 0.29) is 5.69 Å². The van der Waals surface area contributed by atoms with Gasteiger partial charge in [-0.3, -0.25) is 0 Å². The van der Waals surface area contributed by atoms with Crippen LogP contribution in [-0.4, -0.2) is 23.0 Å². The first-order valence-electron chi connectivity index (χ1n) is 6.45. The third kappa shape index (κ3) is 2.67. The average molecular weight is 279 g/mol. The van der Waals surface area contributed by atoms with Crippen LogP contribution in [0.4, 0.5) is 11.6 Å². The number of rotatable bonds is 3. The molecule has 21 heavy (non-hydrogen) atoms. The highest BCUT2D eigenvalue weighted by Crippen LogP contribution is 2.20. The maximum atomic E-state index is 11.9. The molecule has 0 aliphatic carbocycles. The fourth-order valence-electron chi connectivity index (χ4n) is 2.04. The first kappa shape index (κ1) is 13.1. The van der Waals surface area contributed by atoms with E-state index in [1.165, 1.54) is 7.11 Å². The Bertz CT molecular complexity index is 788. The topological polar surface area (TPSA) is 64.1 Å². The van der Waals surface area contributed by atoms with Gasteiger partial charge >= 0.3 is 5.97 Å². The molecule has 0 saturated carbocycles. The van der Waals surface area contributed by atoms with E-state index in [9.17, 15) is 4.79 Å². The van der Waals surface area contributed by atoms with Crippen molar-refractivity contribution in [1.29, 1.82) is 0 Å². The Labute approximate surface area is 121 Å². The second-order valence-electron chi connectivity index (χ2n) is 4.40. The Morgan fingerprint density at radius 1 is 1.00 bits per heavy atom. The molecule has 0 atom stereocenters. The molecule has 5 heteroatoms. The van der Waals surface area contributed by atoms with Crippen molar-refractivity contribution >= 4 is 28.5 Å². The molecule has 3 aromatic rings. The third-order valence-corrected chi connectivity index (χ3v) is 3.01. The van der Waals surface area contributed by atoms with Crippen LogP contribution in [0.5, 0.6) is 0 Å². The molecule has 104 valence electrons. The van der Waals surface area contributed by atoms with Gasteiger partial charge in [-0.25, -0.2) is 14.8 Å². The van der Waals surface area contributed by atoms with E-state index in [0.29, 0.717) is 16.9 Å². The lowest BCUT2D eigenvalue weighted by molar-refractivity contribution is 0.0596. The Balaban J connectivity index is 2.10. The number of aromatic nitrogens is 2. The van der Waals surface area contributed by atoms with Gasteiger partial charge in [0.1, 0.15) is 0 Å². The fourth-order valence-corrected chi connectivity index (χ4v) is 2.04. The summed E-state index contributed by atoms with van der Waals surface area (Å²) in [6, 6.07) is 16.9. The van der Waals surface area contributed by atoms with Crippen molar-refractivity contribution in [3.05, 3.63) is 60.3 Å². The van der Waals surface area contributed by atoms with Crippen molar-refractivity contribution < 1.29 is 9.53 Å². The Kier molecular flexibility index (Phi) is 3.47. The summed E-state index contributed by atoms with van der Waals surface area (Å²) in [6.07, 6.45) is 0. The SMILES string of the molecule is COC(=O)c1nc(Nc2ccccc2)nc2ccccc12. The number of carbonyl (C=O) groups is 1. The smallest absolute Gasteiger partial charge is 0.357 e. The lowest BCUT2D eigenvalue weighted by atomic mass is 10.2. The van der Waals surface area contributed by atoms with Crippen molar-refractivity contribution in [3.63, 3.8) is 0 Å². The van der Waals surface area contributed by atoms with Crippen LogP contribution in [0, 0.1) is 0 Å². The highest BCUT2D eigenvalue weighted by Gasteiger charge is 2.15. The van der Waals surface area contributed by atoms with E-state index in [4.69, 9.17) is 4.74 Å². The molecule has 1 N–H and O–H groups in total. The van der Waals surface area contributed by atoms with E-state index in [1.54, 1.807) is 6.07 Å². The molecule has 5 nitrogen and oxygen atoms in total. The number of hydrogen-bond donors (Lipinski definition) is 1. The predicted octanol–water partition coefficient (Wildman–Crippen LogP) is 3.16. The molecule has 0 aliphatic heterocycles. The van der Waals surface area contributed by atoms with Gasteiger partial charge in [0.25, 0.3) is 0 Å². The van der Waals surface area contributed by atoms with E-state index in [0.717, 1.165) is 5.69 Å². The minimum absolute atomic E-state index is 0.251. The summed E-state index contributed by atoms with van der Waals surface area (Å²) in [7, 11) is 1.34. The number of methoxy groups -OCH3 is 1. The molecule has 3 rings (SSSR count). The predicted molar refractivity (Wildman–Crippen MR) is 80.6 cm³/mol. The van der Waals surface area contributed by atoms with E-state index < -0.39 is 5.97 Å². The molecular formula is C16H13N3O2. The number of para-hydroxylation sites is 2. The fraction of sp³-hybridized carbons (Fsp3) is 0.0625. The van der Waals surface area contributed by atoms with Gasteiger partial charge in [-0.1, -0.05) is 36.4 Å². The van der Waals surface area contributed by atoms with E-state index in [2.05, 4.69) is 15.3 Å². The van der Waals surface area contributed by atoms with Crippen molar-refractivity contribution in [2.75, 3.05) is 12.4 Å². The van der Waals surface area contributed by atoms with Gasteiger partial charge in [0.2, 0.25) is 5.95 Å².